The summed E-state index contributed by atoms with van der Waals surface area (Å²) in [4.78, 5) is 4.61. The summed E-state index contributed by atoms with van der Waals surface area (Å²) in [6.07, 6.45) is 9.39. The molecule has 0 atom stereocenters. The fourth-order valence-corrected chi connectivity index (χ4v) is 4.13. The number of fused-ring (bicyclic) bond motifs is 1. The topological polar surface area (TPSA) is 24.9 Å². The molecule has 0 radical (unpaired) electrons. The van der Waals surface area contributed by atoms with Crippen LogP contribution < -0.4 is 5.32 Å². The number of aryl methyl sites for hydroxylation is 2. The predicted octanol–water partition coefficient (Wildman–Crippen LogP) is 8.86. The van der Waals surface area contributed by atoms with Gasteiger partial charge in [0.25, 0.3) is 0 Å². The van der Waals surface area contributed by atoms with E-state index in [1.54, 1.807) is 0 Å². The average molecular weight is 459 g/mol. The highest BCUT2D eigenvalue weighted by Crippen LogP contribution is 2.26. The molecule has 0 amide bonds. The van der Waals surface area contributed by atoms with Gasteiger partial charge in [-0.2, -0.15) is 0 Å². The van der Waals surface area contributed by atoms with Crippen molar-refractivity contribution in [3.63, 3.8) is 0 Å². The van der Waals surface area contributed by atoms with Crippen LogP contribution in [0.4, 0.5) is 5.82 Å². The first-order valence-electron chi connectivity index (χ1n) is 12.3. The van der Waals surface area contributed by atoms with Gasteiger partial charge in [-0.15, -0.1) is 0 Å². The number of benzene rings is 3. The third-order valence-electron chi connectivity index (χ3n) is 6.22. The molecule has 0 saturated carbocycles. The first kappa shape index (κ1) is 24.2. The van der Waals surface area contributed by atoms with Gasteiger partial charge < -0.3 is 5.32 Å². The lowest BCUT2D eigenvalue weighted by molar-refractivity contribution is 0.960. The molecular weight excluding hydrogens is 424 g/mol. The Labute approximate surface area is 209 Å². The van der Waals surface area contributed by atoms with Crippen LogP contribution in [0, 0.1) is 0 Å². The van der Waals surface area contributed by atoms with Crippen LogP contribution in [0.2, 0.25) is 0 Å². The minimum Gasteiger partial charge on any atom is -0.340 e. The molecule has 0 unspecified atom stereocenters. The third kappa shape index (κ3) is 6.58. The van der Waals surface area contributed by atoms with E-state index < -0.39 is 0 Å². The number of allylic oxidation sites excluding steroid dienone is 4. The van der Waals surface area contributed by atoms with Crippen molar-refractivity contribution in [3.05, 3.63) is 132 Å². The summed E-state index contributed by atoms with van der Waals surface area (Å²) in [7, 11) is 0. The van der Waals surface area contributed by atoms with Gasteiger partial charge >= 0.3 is 0 Å². The second kappa shape index (κ2) is 11.5. The van der Waals surface area contributed by atoms with Crippen LogP contribution in [0.25, 0.3) is 22.0 Å². The lowest BCUT2D eigenvalue weighted by atomic mass is 9.99. The van der Waals surface area contributed by atoms with Crippen molar-refractivity contribution < 1.29 is 0 Å². The molecule has 2 nitrogen and oxygen atoms in total. The zero-order valence-corrected chi connectivity index (χ0v) is 21.0. The van der Waals surface area contributed by atoms with E-state index in [9.17, 15) is 0 Å². The molecule has 1 aromatic heterocycles. The van der Waals surface area contributed by atoms with E-state index in [2.05, 4.69) is 129 Å². The first-order chi connectivity index (χ1) is 17.0. The molecule has 4 aromatic rings. The van der Waals surface area contributed by atoms with Crippen LogP contribution >= 0.6 is 0 Å². The average Bonchev–Trinajstić information content (AvgIpc) is 2.88. The van der Waals surface area contributed by atoms with Crippen molar-refractivity contribution >= 4 is 27.9 Å². The number of hydrogen-bond donors (Lipinski definition) is 1. The fourth-order valence-electron chi connectivity index (χ4n) is 4.13. The molecule has 0 spiro atoms. The van der Waals surface area contributed by atoms with Crippen molar-refractivity contribution in [2.24, 2.45) is 0 Å². The highest BCUT2D eigenvalue weighted by Gasteiger charge is 2.06. The number of anilines is 1. The normalized spacial score (nSPS) is 11.3. The minimum absolute atomic E-state index is 0.805. The van der Waals surface area contributed by atoms with E-state index in [1.807, 2.05) is 6.20 Å². The number of nitrogens with one attached hydrogen (secondary N) is 1. The maximum atomic E-state index is 4.61. The Bertz CT molecular complexity index is 1360. The molecule has 1 heterocycles. The van der Waals surface area contributed by atoms with Crippen LogP contribution in [0.15, 0.2) is 109 Å². The smallest absolute Gasteiger partial charge is 0.130 e. The Morgan fingerprint density at radius 1 is 0.800 bits per heavy atom. The first-order valence-corrected chi connectivity index (χ1v) is 12.3. The summed E-state index contributed by atoms with van der Waals surface area (Å²) in [5.74, 6) is 0.805. The molecule has 0 bridgehead atoms. The molecule has 0 aliphatic heterocycles. The van der Waals surface area contributed by atoms with E-state index in [4.69, 9.17) is 0 Å². The Balaban J connectivity index is 1.46. The highest BCUT2D eigenvalue weighted by molar-refractivity contribution is 5.89. The summed E-state index contributed by atoms with van der Waals surface area (Å²) in [6.45, 7) is 10.7. The SMILES string of the molecule is C=C(Nc1cc2cc(/C(=C/C=C(C)C)CC)ccc2cn1)c1ccc(CCc2ccccc2)cc1. The number of rotatable bonds is 9. The standard InChI is InChI=1S/C33H34N2/c1-5-28(16-11-24(2)3)30-19-20-31-23-34-33(22-32(31)21-30)35-25(4)29-17-14-27(15-18-29)13-12-26-9-7-6-8-10-26/h6-11,14-23H,4-5,12-13H2,1-3H3,(H,34,35)/b28-16+. The predicted molar refractivity (Wildman–Crippen MR) is 152 cm³/mol. The molecule has 0 fully saturated rings. The van der Waals surface area contributed by atoms with E-state index in [1.165, 1.54) is 33.2 Å². The molecule has 0 aliphatic carbocycles. The molecule has 0 aliphatic rings. The Morgan fingerprint density at radius 3 is 2.17 bits per heavy atom. The van der Waals surface area contributed by atoms with Gasteiger partial charge in [-0.3, -0.25) is 0 Å². The molecule has 0 saturated heterocycles. The quantitative estimate of drug-likeness (QED) is 0.253. The van der Waals surface area contributed by atoms with Crippen molar-refractivity contribution in [1.29, 1.82) is 0 Å². The van der Waals surface area contributed by atoms with Crippen molar-refractivity contribution in [1.82, 2.24) is 4.98 Å². The molecule has 3 aromatic carbocycles. The van der Waals surface area contributed by atoms with E-state index >= 15 is 0 Å². The van der Waals surface area contributed by atoms with Gasteiger partial charge in [0, 0.05) is 17.3 Å². The van der Waals surface area contributed by atoms with Gasteiger partial charge in [-0.05, 0) is 78.5 Å². The zero-order chi connectivity index (χ0) is 24.6. The molecule has 1 N–H and O–H groups in total. The van der Waals surface area contributed by atoms with E-state index in [-0.39, 0.29) is 0 Å². The number of hydrogen-bond acceptors (Lipinski definition) is 2. The van der Waals surface area contributed by atoms with Crippen LogP contribution in [0.3, 0.4) is 0 Å². The van der Waals surface area contributed by atoms with Gasteiger partial charge in [0.2, 0.25) is 0 Å². The number of pyridine rings is 1. The number of aromatic nitrogens is 1. The highest BCUT2D eigenvalue weighted by atomic mass is 15.0. The van der Waals surface area contributed by atoms with Crippen molar-refractivity contribution in [3.8, 4) is 0 Å². The second-order valence-corrected chi connectivity index (χ2v) is 9.21. The van der Waals surface area contributed by atoms with Crippen molar-refractivity contribution in [2.45, 2.75) is 40.0 Å². The third-order valence-corrected chi connectivity index (χ3v) is 6.22. The molecular formula is C33H34N2. The summed E-state index contributed by atoms with van der Waals surface area (Å²) in [5.41, 5.74) is 8.50. The summed E-state index contributed by atoms with van der Waals surface area (Å²) in [6, 6.07) is 28.0. The van der Waals surface area contributed by atoms with Crippen LogP contribution in [-0.4, -0.2) is 4.98 Å². The maximum Gasteiger partial charge on any atom is 0.130 e. The minimum atomic E-state index is 0.805. The number of nitrogens with zero attached hydrogens (tertiary/aromatic N) is 1. The zero-order valence-electron chi connectivity index (χ0n) is 21.0. The Kier molecular flexibility index (Phi) is 7.95. The summed E-state index contributed by atoms with van der Waals surface area (Å²) < 4.78 is 0. The van der Waals surface area contributed by atoms with Gasteiger partial charge in [0.15, 0.2) is 0 Å². The molecule has 2 heteroatoms. The maximum absolute atomic E-state index is 4.61. The summed E-state index contributed by atoms with van der Waals surface area (Å²) >= 11 is 0. The van der Waals surface area contributed by atoms with Gasteiger partial charge in [0.05, 0.1) is 0 Å². The second-order valence-electron chi connectivity index (χ2n) is 9.21. The van der Waals surface area contributed by atoms with Crippen LogP contribution in [0.1, 0.15) is 49.4 Å². The van der Waals surface area contributed by atoms with Crippen molar-refractivity contribution in [2.75, 3.05) is 5.32 Å². The van der Waals surface area contributed by atoms with Gasteiger partial charge in [0.1, 0.15) is 5.82 Å². The molecule has 176 valence electrons. The molecule has 4 rings (SSSR count). The Morgan fingerprint density at radius 2 is 1.49 bits per heavy atom. The van der Waals surface area contributed by atoms with Crippen LogP contribution in [-0.2, 0) is 12.8 Å². The molecule has 35 heavy (non-hydrogen) atoms. The Hall–Kier alpha value is -3.91. The summed E-state index contributed by atoms with van der Waals surface area (Å²) in [5, 5.41) is 5.70. The van der Waals surface area contributed by atoms with Gasteiger partial charge in [-0.1, -0.05) is 98.0 Å². The largest absolute Gasteiger partial charge is 0.340 e. The monoisotopic (exact) mass is 458 g/mol. The lowest BCUT2D eigenvalue weighted by Crippen LogP contribution is -2.00. The van der Waals surface area contributed by atoms with E-state index in [0.717, 1.165) is 41.7 Å². The van der Waals surface area contributed by atoms with Gasteiger partial charge in [-0.25, -0.2) is 4.98 Å². The van der Waals surface area contributed by atoms with E-state index in [0.29, 0.717) is 0 Å². The van der Waals surface area contributed by atoms with Crippen LogP contribution in [0.5, 0.6) is 0 Å². The lowest BCUT2D eigenvalue weighted by Gasteiger charge is -2.12. The fraction of sp³-hybridized carbons (Fsp3) is 0.182.